The third-order valence-corrected chi connectivity index (χ3v) is 6.98. The fourth-order valence-corrected chi connectivity index (χ4v) is 4.57. The fourth-order valence-electron chi connectivity index (χ4n) is 3.85. The summed E-state index contributed by atoms with van der Waals surface area (Å²) >= 11 is 29.5. The number of alkyl halides is 3. The summed E-state index contributed by atoms with van der Waals surface area (Å²) in [6.45, 7) is -0.246. The minimum atomic E-state index is -1.75. The summed E-state index contributed by atoms with van der Waals surface area (Å²) in [5, 5.41) is 0.359. The topological polar surface area (TPSA) is 89.0 Å². The van der Waals surface area contributed by atoms with E-state index in [0.717, 1.165) is 5.56 Å². The molecule has 8 nitrogen and oxygen atoms in total. The lowest BCUT2D eigenvalue weighted by Crippen LogP contribution is -2.44. The van der Waals surface area contributed by atoms with Gasteiger partial charge in [0.15, 0.2) is 0 Å². The number of nitrogens with zero attached hydrogens (tertiary/aromatic N) is 3. The van der Waals surface area contributed by atoms with Gasteiger partial charge in [-0.2, -0.15) is 0 Å². The van der Waals surface area contributed by atoms with E-state index in [2.05, 4.69) is 16.8 Å². The highest BCUT2D eigenvalue weighted by Gasteiger charge is 2.31. The van der Waals surface area contributed by atoms with Crippen LogP contribution in [-0.2, 0) is 20.7 Å². The molecule has 0 unspecified atom stereocenters. The number of carbonyl (C=O) groups is 3. The summed E-state index contributed by atoms with van der Waals surface area (Å²) in [6.07, 6.45) is 1.29. The molecule has 1 aromatic heterocycles. The smallest absolute Gasteiger partial charge is 0.415 e. The van der Waals surface area contributed by atoms with Gasteiger partial charge in [-0.3, -0.25) is 9.69 Å². The van der Waals surface area contributed by atoms with Crippen LogP contribution in [0.5, 0.6) is 0 Å². The number of esters is 1. The molecule has 0 bridgehead atoms. The molecule has 0 spiro atoms. The van der Waals surface area contributed by atoms with Crippen molar-refractivity contribution in [3.8, 4) is 11.8 Å². The highest BCUT2D eigenvalue weighted by molar-refractivity contribution is 6.67. The highest BCUT2D eigenvalue weighted by atomic mass is 35.6. The first kappa shape index (κ1) is 34.3. The van der Waals surface area contributed by atoms with Gasteiger partial charge in [0.1, 0.15) is 18.5 Å². The number of halogens is 5. The Hall–Kier alpha value is -3.19. The van der Waals surface area contributed by atoms with Gasteiger partial charge in [0.2, 0.25) is 3.79 Å². The maximum absolute atomic E-state index is 13.2. The lowest BCUT2D eigenvalue weighted by atomic mass is 10.0. The molecule has 3 aromatic rings. The van der Waals surface area contributed by atoms with E-state index in [0.29, 0.717) is 17.8 Å². The molecule has 0 aliphatic rings. The van der Waals surface area contributed by atoms with Crippen LogP contribution in [0.25, 0.3) is 0 Å². The molecule has 43 heavy (non-hydrogen) atoms. The van der Waals surface area contributed by atoms with Crippen molar-refractivity contribution < 1.29 is 23.9 Å². The molecule has 1 atom stereocenters. The van der Waals surface area contributed by atoms with Crippen LogP contribution >= 0.6 is 58.0 Å². The first-order chi connectivity index (χ1) is 20.4. The predicted molar refractivity (Wildman–Crippen MR) is 169 cm³/mol. The number of rotatable bonds is 9. The Morgan fingerprint density at radius 3 is 2.23 bits per heavy atom. The molecule has 2 aromatic carbocycles. The number of anilines is 1. The van der Waals surface area contributed by atoms with Crippen LogP contribution in [0.3, 0.4) is 0 Å². The average Bonchev–Trinajstić information content (AvgIpc) is 2.98. The summed E-state index contributed by atoms with van der Waals surface area (Å²) < 4.78 is 8.32. The molecule has 1 heterocycles. The number of likely N-dealkylation sites (N-methyl/N-ethyl adjacent to an activating group) is 1. The highest BCUT2D eigenvalue weighted by Crippen LogP contribution is 2.27. The summed E-state index contributed by atoms with van der Waals surface area (Å²) in [6, 6.07) is 16.1. The number of hydrogen-bond donors (Lipinski definition) is 0. The van der Waals surface area contributed by atoms with Gasteiger partial charge in [-0.05, 0) is 42.0 Å². The van der Waals surface area contributed by atoms with E-state index in [4.69, 9.17) is 67.5 Å². The molecular formula is C30H26Cl5N3O5. The number of carbonyl (C=O) groups excluding carboxylic acids is 3. The van der Waals surface area contributed by atoms with Gasteiger partial charge in [0, 0.05) is 38.2 Å². The molecule has 2 amide bonds. The van der Waals surface area contributed by atoms with E-state index in [1.54, 1.807) is 66.9 Å². The van der Waals surface area contributed by atoms with Gasteiger partial charge in [-0.15, -0.1) is 0 Å². The molecule has 13 heteroatoms. The van der Waals surface area contributed by atoms with Gasteiger partial charge in [-0.1, -0.05) is 94.1 Å². The van der Waals surface area contributed by atoms with Crippen LogP contribution in [0.2, 0.25) is 10.0 Å². The molecule has 0 fully saturated rings. The minimum Gasteiger partial charge on any atom is -0.467 e. The molecule has 0 saturated heterocycles. The second kappa shape index (κ2) is 16.0. The molecule has 0 aliphatic carbocycles. The van der Waals surface area contributed by atoms with Gasteiger partial charge in [0.25, 0.3) is 5.91 Å². The number of benzene rings is 2. The van der Waals surface area contributed by atoms with Crippen LogP contribution in [-0.4, -0.2) is 65.0 Å². The third-order valence-electron chi connectivity index (χ3n) is 6.02. The largest absolute Gasteiger partial charge is 0.467 e. The first-order valence-electron chi connectivity index (χ1n) is 12.7. The summed E-state index contributed by atoms with van der Waals surface area (Å²) in [7, 11) is 2.75. The Morgan fingerprint density at radius 1 is 0.977 bits per heavy atom. The van der Waals surface area contributed by atoms with E-state index < -0.39 is 34.4 Å². The van der Waals surface area contributed by atoms with E-state index in [9.17, 15) is 14.4 Å². The zero-order valence-corrected chi connectivity index (χ0v) is 26.8. The van der Waals surface area contributed by atoms with Crippen molar-refractivity contribution in [3.05, 3.63) is 93.6 Å². The lowest BCUT2D eigenvalue weighted by molar-refractivity contribution is -0.145. The van der Waals surface area contributed by atoms with Crippen LogP contribution in [0.4, 0.5) is 10.6 Å². The summed E-state index contributed by atoms with van der Waals surface area (Å²) in [5.74, 6) is 5.32. The van der Waals surface area contributed by atoms with Crippen molar-refractivity contribution in [1.82, 2.24) is 9.88 Å². The fraction of sp³-hybridized carbons (Fsp3) is 0.267. The first-order valence-corrected chi connectivity index (χ1v) is 14.6. The van der Waals surface area contributed by atoms with Gasteiger partial charge >= 0.3 is 12.1 Å². The minimum absolute atomic E-state index is 0.105. The van der Waals surface area contributed by atoms with Crippen molar-refractivity contribution in [2.45, 2.75) is 22.7 Å². The van der Waals surface area contributed by atoms with Crippen LogP contribution in [0, 0.1) is 11.8 Å². The number of amides is 2. The molecule has 3 rings (SSSR count). The van der Waals surface area contributed by atoms with E-state index >= 15 is 0 Å². The quantitative estimate of drug-likeness (QED) is 0.137. The van der Waals surface area contributed by atoms with Gasteiger partial charge in [0.05, 0.1) is 22.7 Å². The van der Waals surface area contributed by atoms with E-state index in [1.165, 1.54) is 24.0 Å². The maximum atomic E-state index is 13.2. The van der Waals surface area contributed by atoms with E-state index in [-0.39, 0.29) is 28.6 Å². The summed E-state index contributed by atoms with van der Waals surface area (Å²) in [4.78, 5) is 45.2. The monoisotopic (exact) mass is 683 g/mol. The second-order valence-corrected chi connectivity index (χ2v) is 12.3. The lowest BCUT2D eigenvalue weighted by Gasteiger charge is -2.27. The zero-order valence-electron chi connectivity index (χ0n) is 23.0. The van der Waals surface area contributed by atoms with Crippen LogP contribution in [0.1, 0.15) is 27.9 Å². The number of methoxy groups -OCH3 is 1. The average molecular weight is 686 g/mol. The SMILES string of the molecule is COC(=O)[C@H](Cc1ccc(C#CCCN(C(=O)OCC(Cl)(Cl)Cl)c2ccccn2)cc1)N(C)C(=O)c1c(Cl)cccc1Cl. The van der Waals surface area contributed by atoms with E-state index in [1.807, 2.05) is 0 Å². The molecule has 0 aliphatic heterocycles. The van der Waals surface area contributed by atoms with Gasteiger partial charge in [-0.25, -0.2) is 14.6 Å². The molecule has 0 radical (unpaired) electrons. The Morgan fingerprint density at radius 2 is 1.65 bits per heavy atom. The molecule has 0 N–H and O–H groups in total. The Balaban J connectivity index is 1.68. The maximum Gasteiger partial charge on any atom is 0.415 e. The Labute approximate surface area is 274 Å². The number of ether oxygens (including phenoxy) is 2. The normalized spacial score (nSPS) is 11.5. The molecule has 226 valence electrons. The molecule has 0 saturated carbocycles. The number of aromatic nitrogens is 1. The Bertz CT molecular complexity index is 1470. The van der Waals surface area contributed by atoms with Crippen molar-refractivity contribution in [1.29, 1.82) is 0 Å². The van der Waals surface area contributed by atoms with Crippen LogP contribution < -0.4 is 4.90 Å². The number of pyridine rings is 1. The standard InChI is InChI=1S/C30H26Cl5N3O5/c1-37(27(39)26-22(31)9-7-10-23(26)32)24(28(40)42-2)18-21-14-12-20(13-15-21)8-4-6-17-38(25-11-3-5-16-36-25)29(41)43-19-30(33,34)35/h3,5,7,9-16,24H,6,17-19H2,1-2H3/t24-/m0/s1. The van der Waals surface area contributed by atoms with Crippen molar-refractivity contribution in [2.24, 2.45) is 0 Å². The van der Waals surface area contributed by atoms with Crippen molar-refractivity contribution >= 4 is 81.8 Å². The Kier molecular flexibility index (Phi) is 12.8. The molecular weight excluding hydrogens is 660 g/mol. The number of hydrogen-bond acceptors (Lipinski definition) is 6. The predicted octanol–water partition coefficient (Wildman–Crippen LogP) is 7.00. The zero-order chi connectivity index (χ0) is 31.6. The van der Waals surface area contributed by atoms with Crippen molar-refractivity contribution in [3.63, 3.8) is 0 Å². The third kappa shape index (κ3) is 10.2. The van der Waals surface area contributed by atoms with Crippen LogP contribution in [0.15, 0.2) is 66.9 Å². The van der Waals surface area contributed by atoms with Crippen molar-refractivity contribution in [2.75, 3.05) is 32.2 Å². The van der Waals surface area contributed by atoms with Gasteiger partial charge < -0.3 is 14.4 Å². The summed E-state index contributed by atoms with van der Waals surface area (Å²) in [5.41, 5.74) is 1.57. The second-order valence-electron chi connectivity index (χ2n) is 9.01.